The molecule has 1 aromatic carbocycles. The van der Waals surface area contributed by atoms with Gasteiger partial charge in [-0.1, -0.05) is 19.1 Å². The summed E-state index contributed by atoms with van der Waals surface area (Å²) >= 11 is 4.71. The highest BCUT2D eigenvalue weighted by Gasteiger charge is 2.18. The molecule has 0 radical (unpaired) electrons. The average Bonchev–Trinajstić information content (AvgIpc) is 2.37. The number of hydrogen-bond donors (Lipinski definition) is 1. The zero-order valence-corrected chi connectivity index (χ0v) is 12.9. The van der Waals surface area contributed by atoms with Gasteiger partial charge in [0.15, 0.2) is 11.6 Å². The second-order valence-corrected chi connectivity index (χ2v) is 5.35. The third kappa shape index (κ3) is 4.11. The predicted molar refractivity (Wildman–Crippen MR) is 83.3 cm³/mol. The first-order valence-corrected chi connectivity index (χ1v) is 6.96. The molecular weight excluding hydrogens is 280 g/mol. The Bertz CT molecular complexity index is 478. The normalized spacial score (nSPS) is 10.9. The number of nitrogens with two attached hydrogens (primary N) is 1. The van der Waals surface area contributed by atoms with Gasteiger partial charge in [-0.15, -0.1) is 0 Å². The molecular formula is C14H21F2N3S. The Morgan fingerprint density at radius 2 is 1.80 bits per heavy atom. The lowest BCUT2D eigenvalue weighted by atomic mass is 10.1. The first-order valence-electron chi connectivity index (χ1n) is 6.56. The average molecular weight is 301 g/mol. The topological polar surface area (TPSA) is 32.5 Å². The molecule has 0 aliphatic rings. The maximum absolute atomic E-state index is 14.2. The highest BCUT2D eigenvalue weighted by Crippen LogP contribution is 2.24. The van der Waals surface area contributed by atoms with E-state index in [1.807, 2.05) is 30.8 Å². The Morgan fingerprint density at radius 1 is 1.15 bits per heavy atom. The lowest BCUT2D eigenvalue weighted by Gasteiger charge is -2.26. The molecule has 0 bridgehead atoms. The van der Waals surface area contributed by atoms with Crippen LogP contribution in [-0.4, -0.2) is 43.6 Å². The molecule has 112 valence electrons. The van der Waals surface area contributed by atoms with Gasteiger partial charge in [-0.05, 0) is 32.6 Å². The highest BCUT2D eigenvalue weighted by molar-refractivity contribution is 7.80. The molecule has 0 amide bonds. The van der Waals surface area contributed by atoms with Crippen LogP contribution in [0.25, 0.3) is 0 Å². The van der Waals surface area contributed by atoms with Crippen molar-refractivity contribution in [3.05, 3.63) is 29.3 Å². The van der Waals surface area contributed by atoms with Gasteiger partial charge < -0.3 is 15.5 Å². The van der Waals surface area contributed by atoms with E-state index in [9.17, 15) is 8.78 Å². The quantitative estimate of drug-likeness (QED) is 0.784. The van der Waals surface area contributed by atoms with E-state index in [0.29, 0.717) is 13.1 Å². The summed E-state index contributed by atoms with van der Waals surface area (Å²) in [5.74, 6) is -1.86. The van der Waals surface area contributed by atoms with Crippen molar-refractivity contribution in [3.8, 4) is 0 Å². The zero-order chi connectivity index (χ0) is 15.3. The van der Waals surface area contributed by atoms with E-state index in [4.69, 9.17) is 18.0 Å². The molecule has 3 nitrogen and oxygen atoms in total. The van der Waals surface area contributed by atoms with Crippen LogP contribution in [0, 0.1) is 11.6 Å². The summed E-state index contributed by atoms with van der Waals surface area (Å²) in [6.45, 7) is 4.05. The largest absolute Gasteiger partial charge is 0.389 e. The van der Waals surface area contributed by atoms with Crippen molar-refractivity contribution < 1.29 is 8.78 Å². The summed E-state index contributed by atoms with van der Waals surface area (Å²) in [5.41, 5.74) is 5.58. The van der Waals surface area contributed by atoms with E-state index in [-0.39, 0.29) is 16.2 Å². The number of anilines is 1. The van der Waals surface area contributed by atoms with Crippen LogP contribution in [-0.2, 0) is 0 Å². The number of rotatable bonds is 7. The van der Waals surface area contributed by atoms with Gasteiger partial charge in [-0.25, -0.2) is 8.78 Å². The smallest absolute Gasteiger partial charge is 0.182 e. The summed E-state index contributed by atoms with van der Waals surface area (Å²) in [7, 11) is 3.88. The van der Waals surface area contributed by atoms with Gasteiger partial charge >= 0.3 is 0 Å². The monoisotopic (exact) mass is 301 g/mol. The molecule has 0 aliphatic heterocycles. The highest BCUT2D eigenvalue weighted by atomic mass is 32.1. The van der Waals surface area contributed by atoms with Crippen LogP contribution in [0.5, 0.6) is 0 Å². The summed E-state index contributed by atoms with van der Waals surface area (Å²) in [6.07, 6.45) is 0.853. The van der Waals surface area contributed by atoms with Crippen molar-refractivity contribution in [2.45, 2.75) is 13.3 Å². The number of halogens is 2. The molecule has 0 unspecified atom stereocenters. The van der Waals surface area contributed by atoms with Gasteiger partial charge in [0, 0.05) is 25.2 Å². The first-order chi connectivity index (χ1) is 9.38. The Balaban J connectivity index is 3.07. The maximum atomic E-state index is 14.2. The Kier molecular flexibility index (Phi) is 6.29. The van der Waals surface area contributed by atoms with Gasteiger partial charge in [-0.3, -0.25) is 0 Å². The molecule has 0 atom stereocenters. The molecule has 0 saturated heterocycles. The van der Waals surface area contributed by atoms with Crippen molar-refractivity contribution in [2.24, 2.45) is 5.73 Å². The standard InChI is InChI=1S/C14H21F2N3S/c1-4-7-19(9-8-18(2)3)11-6-5-10(14(17)20)12(15)13(11)16/h5-6H,4,7-9H2,1-3H3,(H2,17,20). The minimum atomic E-state index is -0.971. The fourth-order valence-corrected chi connectivity index (χ4v) is 2.07. The second kappa shape index (κ2) is 7.50. The third-order valence-corrected chi connectivity index (χ3v) is 3.20. The molecule has 20 heavy (non-hydrogen) atoms. The number of likely N-dealkylation sites (N-methyl/N-ethyl adjacent to an activating group) is 1. The molecule has 1 aromatic rings. The fraction of sp³-hybridized carbons (Fsp3) is 0.500. The molecule has 0 fully saturated rings. The SMILES string of the molecule is CCCN(CCN(C)C)c1ccc(C(N)=S)c(F)c1F. The van der Waals surface area contributed by atoms with Gasteiger partial charge in [0.1, 0.15) is 4.99 Å². The van der Waals surface area contributed by atoms with Crippen molar-refractivity contribution >= 4 is 22.9 Å². The Morgan fingerprint density at radius 3 is 2.30 bits per heavy atom. The number of hydrogen-bond acceptors (Lipinski definition) is 3. The lowest BCUT2D eigenvalue weighted by molar-refractivity contribution is 0.411. The summed E-state index contributed by atoms with van der Waals surface area (Å²) < 4.78 is 28.1. The molecule has 6 heteroatoms. The van der Waals surface area contributed by atoms with E-state index in [1.54, 1.807) is 0 Å². The van der Waals surface area contributed by atoms with E-state index in [2.05, 4.69) is 0 Å². The Hall–Kier alpha value is -1.27. The van der Waals surface area contributed by atoms with Gasteiger partial charge in [0.25, 0.3) is 0 Å². The van der Waals surface area contributed by atoms with E-state index >= 15 is 0 Å². The second-order valence-electron chi connectivity index (χ2n) is 4.91. The van der Waals surface area contributed by atoms with E-state index < -0.39 is 11.6 Å². The van der Waals surface area contributed by atoms with Crippen LogP contribution in [0.2, 0.25) is 0 Å². The summed E-state index contributed by atoms with van der Waals surface area (Å²) in [5, 5.41) is 0. The molecule has 0 heterocycles. The van der Waals surface area contributed by atoms with Crippen LogP contribution in [0.3, 0.4) is 0 Å². The van der Waals surface area contributed by atoms with Crippen LogP contribution in [0.1, 0.15) is 18.9 Å². The maximum Gasteiger partial charge on any atom is 0.182 e. The van der Waals surface area contributed by atoms with Crippen molar-refractivity contribution in [1.82, 2.24) is 4.90 Å². The molecule has 2 N–H and O–H groups in total. The molecule has 0 aliphatic carbocycles. The minimum Gasteiger partial charge on any atom is -0.389 e. The zero-order valence-electron chi connectivity index (χ0n) is 12.1. The van der Waals surface area contributed by atoms with Gasteiger partial charge in [-0.2, -0.15) is 0 Å². The van der Waals surface area contributed by atoms with E-state index in [1.165, 1.54) is 12.1 Å². The van der Waals surface area contributed by atoms with Crippen LogP contribution in [0.4, 0.5) is 14.5 Å². The third-order valence-electron chi connectivity index (χ3n) is 2.98. The molecule has 0 saturated carbocycles. The van der Waals surface area contributed by atoms with Gasteiger partial charge in [0.2, 0.25) is 0 Å². The number of benzene rings is 1. The van der Waals surface area contributed by atoms with Crippen molar-refractivity contribution in [2.75, 3.05) is 38.6 Å². The first kappa shape index (κ1) is 16.8. The van der Waals surface area contributed by atoms with Gasteiger partial charge in [0.05, 0.1) is 5.69 Å². The van der Waals surface area contributed by atoms with Crippen molar-refractivity contribution in [3.63, 3.8) is 0 Å². The predicted octanol–water partition coefficient (Wildman–Crippen LogP) is 2.38. The molecule has 0 spiro atoms. The molecule has 0 aromatic heterocycles. The van der Waals surface area contributed by atoms with Crippen LogP contribution >= 0.6 is 12.2 Å². The van der Waals surface area contributed by atoms with E-state index in [0.717, 1.165) is 13.0 Å². The number of thiocarbonyl (C=S) groups is 1. The fourth-order valence-electron chi connectivity index (χ4n) is 1.92. The summed E-state index contributed by atoms with van der Waals surface area (Å²) in [4.78, 5) is 3.70. The summed E-state index contributed by atoms with van der Waals surface area (Å²) in [6, 6.07) is 2.98. The number of nitrogens with zero attached hydrogens (tertiary/aromatic N) is 2. The van der Waals surface area contributed by atoms with Crippen LogP contribution < -0.4 is 10.6 Å². The van der Waals surface area contributed by atoms with Crippen LogP contribution in [0.15, 0.2) is 12.1 Å². The molecule has 1 rings (SSSR count). The lowest BCUT2D eigenvalue weighted by Crippen LogP contribution is -2.33. The minimum absolute atomic E-state index is 0.0506. The Labute approximate surface area is 124 Å². The van der Waals surface area contributed by atoms with Crippen molar-refractivity contribution in [1.29, 1.82) is 0 Å².